The fraction of sp³-hybridized carbons (Fsp3) is 0. The standard InChI is InChI=1S/C10H10N4O2S.Fe/c11-8-2-4-9(5-3-8)17(15,16)14-10-12-6-1-7-13-10;/h1-7H,11H2,(H,12,13,14);. The van der Waals surface area contributed by atoms with Gasteiger partial charge in [-0.15, -0.1) is 0 Å². The number of rotatable bonds is 3. The monoisotopic (exact) mass is 306 g/mol. The van der Waals surface area contributed by atoms with Crippen molar-refractivity contribution in [3.8, 4) is 0 Å². The largest absolute Gasteiger partial charge is 0.399 e. The molecule has 1 heterocycles. The molecule has 1 aromatic carbocycles. The first-order chi connectivity index (χ1) is 8.08. The number of nitrogen functional groups attached to an aromatic ring is 1. The number of hydrogen-bond acceptors (Lipinski definition) is 5. The van der Waals surface area contributed by atoms with Crippen molar-refractivity contribution in [2.24, 2.45) is 0 Å². The van der Waals surface area contributed by atoms with E-state index in [9.17, 15) is 8.42 Å². The summed E-state index contributed by atoms with van der Waals surface area (Å²) in [5.41, 5.74) is 5.98. The summed E-state index contributed by atoms with van der Waals surface area (Å²) >= 11 is 0. The van der Waals surface area contributed by atoms with E-state index in [1.807, 2.05) is 0 Å². The van der Waals surface area contributed by atoms with E-state index in [1.165, 1.54) is 36.7 Å². The summed E-state index contributed by atoms with van der Waals surface area (Å²) in [6.07, 6.45) is 2.90. The van der Waals surface area contributed by atoms with Crippen LogP contribution in [0.5, 0.6) is 0 Å². The van der Waals surface area contributed by atoms with Crippen LogP contribution in [0.2, 0.25) is 0 Å². The third kappa shape index (κ3) is 3.43. The van der Waals surface area contributed by atoms with Crippen LogP contribution in [0.1, 0.15) is 0 Å². The molecule has 8 heteroatoms. The number of sulfonamides is 1. The Hall–Kier alpha value is -1.63. The van der Waals surface area contributed by atoms with Crippen molar-refractivity contribution in [1.29, 1.82) is 0 Å². The van der Waals surface area contributed by atoms with Crippen LogP contribution in [-0.2, 0) is 27.1 Å². The van der Waals surface area contributed by atoms with Crippen LogP contribution < -0.4 is 10.5 Å². The summed E-state index contributed by atoms with van der Waals surface area (Å²) in [5.74, 6) is 0.0318. The van der Waals surface area contributed by atoms with Crippen LogP contribution in [0.4, 0.5) is 11.6 Å². The number of benzene rings is 1. The van der Waals surface area contributed by atoms with E-state index < -0.39 is 10.0 Å². The Morgan fingerprint density at radius 2 is 1.61 bits per heavy atom. The van der Waals surface area contributed by atoms with Gasteiger partial charge in [-0.25, -0.2) is 23.1 Å². The van der Waals surface area contributed by atoms with Crippen molar-refractivity contribution in [2.45, 2.75) is 4.90 Å². The number of nitrogens with zero attached hydrogens (tertiary/aromatic N) is 2. The molecule has 3 N–H and O–H groups in total. The minimum atomic E-state index is -3.66. The van der Waals surface area contributed by atoms with Gasteiger partial charge in [-0.3, -0.25) is 0 Å². The molecule has 18 heavy (non-hydrogen) atoms. The van der Waals surface area contributed by atoms with Crippen LogP contribution >= 0.6 is 0 Å². The number of nitrogens with one attached hydrogen (secondary N) is 1. The third-order valence-corrected chi connectivity index (χ3v) is 3.33. The average Bonchev–Trinajstić information content (AvgIpc) is 2.30. The van der Waals surface area contributed by atoms with E-state index in [-0.39, 0.29) is 27.9 Å². The Kier molecular flexibility index (Phi) is 4.66. The van der Waals surface area contributed by atoms with Crippen LogP contribution in [0.15, 0.2) is 47.6 Å². The molecule has 0 radical (unpaired) electrons. The molecule has 2 rings (SSSR count). The normalized spacial score (nSPS) is 10.4. The van der Waals surface area contributed by atoms with E-state index in [1.54, 1.807) is 6.07 Å². The van der Waals surface area contributed by atoms with Crippen molar-refractivity contribution >= 4 is 21.7 Å². The van der Waals surface area contributed by atoms with Crippen molar-refractivity contribution in [1.82, 2.24) is 9.97 Å². The molecule has 0 bridgehead atoms. The predicted molar refractivity (Wildman–Crippen MR) is 63.7 cm³/mol. The number of anilines is 2. The average molecular weight is 306 g/mol. The number of aromatic nitrogens is 2. The van der Waals surface area contributed by atoms with Gasteiger partial charge in [0.25, 0.3) is 10.0 Å². The summed E-state index contributed by atoms with van der Waals surface area (Å²) in [6.45, 7) is 0. The Morgan fingerprint density at radius 3 is 2.17 bits per heavy atom. The molecular weight excluding hydrogens is 296 g/mol. The summed E-state index contributed by atoms with van der Waals surface area (Å²) in [7, 11) is -3.66. The molecule has 0 aliphatic rings. The molecule has 0 amide bonds. The van der Waals surface area contributed by atoms with Gasteiger partial charge >= 0.3 is 0 Å². The zero-order valence-corrected chi connectivity index (χ0v) is 11.0. The van der Waals surface area contributed by atoms with Gasteiger partial charge in [0.05, 0.1) is 4.90 Å². The minimum absolute atomic E-state index is 0. The molecule has 0 saturated carbocycles. The van der Waals surface area contributed by atoms with Gasteiger partial charge < -0.3 is 5.73 Å². The van der Waals surface area contributed by atoms with Gasteiger partial charge in [-0.05, 0) is 30.3 Å². The number of hydrogen-bond donors (Lipinski definition) is 2. The quantitative estimate of drug-likeness (QED) is 0.647. The van der Waals surface area contributed by atoms with E-state index >= 15 is 0 Å². The molecule has 0 spiro atoms. The second-order valence-corrected chi connectivity index (χ2v) is 4.93. The van der Waals surface area contributed by atoms with Crippen LogP contribution in [0, 0.1) is 0 Å². The van der Waals surface area contributed by atoms with Crippen molar-refractivity contribution in [3.63, 3.8) is 0 Å². The van der Waals surface area contributed by atoms with Crippen LogP contribution in [-0.4, -0.2) is 18.4 Å². The Bertz CT molecular complexity index is 602. The van der Waals surface area contributed by atoms with Gasteiger partial charge in [0.15, 0.2) is 0 Å². The maximum Gasteiger partial charge on any atom is 0.264 e. The smallest absolute Gasteiger partial charge is 0.264 e. The van der Waals surface area contributed by atoms with Gasteiger partial charge in [0, 0.05) is 35.1 Å². The molecule has 2 aromatic rings. The topological polar surface area (TPSA) is 98.0 Å². The van der Waals surface area contributed by atoms with Crippen LogP contribution in [0.25, 0.3) is 0 Å². The fourth-order valence-electron chi connectivity index (χ4n) is 1.18. The minimum Gasteiger partial charge on any atom is -0.399 e. The molecule has 0 aliphatic carbocycles. The molecule has 96 valence electrons. The summed E-state index contributed by atoms with van der Waals surface area (Å²) in [5, 5.41) is 0. The zero-order chi connectivity index (χ0) is 12.3. The first kappa shape index (κ1) is 14.4. The van der Waals surface area contributed by atoms with Gasteiger partial charge in [0.2, 0.25) is 5.95 Å². The molecule has 6 nitrogen and oxygen atoms in total. The summed E-state index contributed by atoms with van der Waals surface area (Å²) < 4.78 is 26.0. The first-order valence-electron chi connectivity index (χ1n) is 4.73. The van der Waals surface area contributed by atoms with Gasteiger partial charge in [-0.1, -0.05) is 0 Å². The Labute approximate surface area is 115 Å². The van der Waals surface area contributed by atoms with E-state index in [4.69, 9.17) is 5.73 Å². The molecule has 0 fully saturated rings. The van der Waals surface area contributed by atoms with Gasteiger partial charge in [-0.2, -0.15) is 0 Å². The maximum absolute atomic E-state index is 11.9. The Morgan fingerprint density at radius 1 is 1.06 bits per heavy atom. The molecule has 0 saturated heterocycles. The second kappa shape index (κ2) is 5.81. The Balaban J connectivity index is 0.00000162. The van der Waals surface area contributed by atoms with E-state index in [0.29, 0.717) is 5.69 Å². The predicted octanol–water partition coefficient (Wildman–Crippen LogP) is 0.857. The molecule has 0 unspecified atom stereocenters. The van der Waals surface area contributed by atoms with Crippen molar-refractivity contribution < 1.29 is 25.5 Å². The van der Waals surface area contributed by atoms with E-state index in [0.717, 1.165) is 0 Å². The third-order valence-electron chi connectivity index (χ3n) is 1.98. The van der Waals surface area contributed by atoms with Gasteiger partial charge in [0.1, 0.15) is 0 Å². The molecule has 1 aromatic heterocycles. The zero-order valence-electron chi connectivity index (χ0n) is 9.09. The van der Waals surface area contributed by atoms with E-state index in [2.05, 4.69) is 14.7 Å². The first-order valence-corrected chi connectivity index (χ1v) is 6.22. The summed E-state index contributed by atoms with van der Waals surface area (Å²) in [6, 6.07) is 7.46. The number of nitrogens with two attached hydrogens (primary N) is 1. The molecular formula is C10H10FeN4O2S. The maximum atomic E-state index is 11.9. The molecule has 0 atom stereocenters. The SMILES string of the molecule is Nc1ccc(S(=O)(=O)Nc2ncccn2)cc1.[Fe]. The fourth-order valence-corrected chi connectivity index (χ4v) is 2.14. The van der Waals surface area contributed by atoms with Crippen molar-refractivity contribution in [2.75, 3.05) is 10.5 Å². The summed E-state index contributed by atoms with van der Waals surface area (Å²) in [4.78, 5) is 7.67. The van der Waals surface area contributed by atoms with Crippen molar-refractivity contribution in [3.05, 3.63) is 42.7 Å². The second-order valence-electron chi connectivity index (χ2n) is 3.25. The van der Waals surface area contributed by atoms with Crippen LogP contribution in [0.3, 0.4) is 0 Å². The molecule has 0 aliphatic heterocycles.